The van der Waals surface area contributed by atoms with Crippen LogP contribution in [-0.4, -0.2) is 37.2 Å². The Kier molecular flexibility index (Phi) is 54.9. The number of carbonyl (C=O) groups excluding carboxylic acids is 3. The molecule has 0 spiro atoms. The number of rotatable bonds is 52. The molecule has 0 aromatic heterocycles. The van der Waals surface area contributed by atoms with Crippen LogP contribution in [0.4, 0.5) is 0 Å². The zero-order valence-electron chi connectivity index (χ0n) is 45.8. The predicted molar refractivity (Wildman–Crippen MR) is 302 cm³/mol. The summed E-state index contributed by atoms with van der Waals surface area (Å²) in [6, 6.07) is 0. The Morgan fingerprint density at radius 2 is 0.571 bits per heavy atom. The summed E-state index contributed by atoms with van der Waals surface area (Å²) in [6.45, 7) is 6.44. The van der Waals surface area contributed by atoms with E-state index in [0.717, 1.165) is 128 Å². The van der Waals surface area contributed by atoms with Gasteiger partial charge in [-0.15, -0.1) is 0 Å². The lowest BCUT2D eigenvalue weighted by Gasteiger charge is -2.18. The molecule has 0 heterocycles. The molecule has 6 heteroatoms. The van der Waals surface area contributed by atoms with E-state index in [9.17, 15) is 14.4 Å². The second-order valence-electron chi connectivity index (χ2n) is 19.2. The monoisotopic (exact) mass is 973 g/mol. The van der Waals surface area contributed by atoms with Crippen LogP contribution in [0.25, 0.3) is 0 Å². The van der Waals surface area contributed by atoms with Crippen molar-refractivity contribution in [3.63, 3.8) is 0 Å². The van der Waals surface area contributed by atoms with Gasteiger partial charge >= 0.3 is 17.9 Å². The van der Waals surface area contributed by atoms with Gasteiger partial charge < -0.3 is 14.2 Å². The molecule has 400 valence electrons. The quantitative estimate of drug-likeness (QED) is 0.0262. The van der Waals surface area contributed by atoms with Crippen molar-refractivity contribution in [1.82, 2.24) is 0 Å². The first-order chi connectivity index (χ1) is 34.5. The van der Waals surface area contributed by atoms with E-state index in [1.165, 1.54) is 103 Å². The molecule has 0 saturated heterocycles. The number of esters is 3. The standard InChI is InChI=1S/C64H108O6/c1-4-7-10-13-16-19-22-25-28-30-32-34-36-39-42-45-48-51-54-57-63(66)69-60-61(59-68-62(65)56-53-50-47-44-41-38-27-24-21-18-15-12-9-6-3)70-64(67)58-55-52-49-46-43-40-37-35-33-31-29-26-23-20-17-14-11-8-5-2/h7,10,15-20,24-29,32,34,61H,4-6,8-9,11-14,21-23,30-31,33,35-60H2,1-3H3/b10-7-,18-15-,19-16-,20-17-,27-24-,28-25-,29-26-,34-32-. The Balaban J connectivity index is 4.43. The normalized spacial score (nSPS) is 12.8. The first-order valence-corrected chi connectivity index (χ1v) is 29.2. The minimum Gasteiger partial charge on any atom is -0.462 e. The van der Waals surface area contributed by atoms with Gasteiger partial charge in [0.05, 0.1) is 0 Å². The van der Waals surface area contributed by atoms with Gasteiger partial charge in [-0.2, -0.15) is 0 Å². The summed E-state index contributed by atoms with van der Waals surface area (Å²) in [5.41, 5.74) is 0. The SMILES string of the molecule is CC/C=C\C/C=C\C/C=C\C/C=C\CCCCCCCCC(=O)OCC(COC(=O)CCCCCCC/C=C\C/C=C\CCCC)OC(=O)CCCCCCCCCCC/C=C\C/C=C\CCCCC. The van der Waals surface area contributed by atoms with Crippen molar-refractivity contribution in [2.75, 3.05) is 13.2 Å². The van der Waals surface area contributed by atoms with Gasteiger partial charge in [-0.25, -0.2) is 0 Å². The summed E-state index contributed by atoms with van der Waals surface area (Å²) in [4.78, 5) is 38.2. The maximum Gasteiger partial charge on any atom is 0.306 e. The summed E-state index contributed by atoms with van der Waals surface area (Å²) in [7, 11) is 0. The van der Waals surface area contributed by atoms with E-state index in [4.69, 9.17) is 14.2 Å². The van der Waals surface area contributed by atoms with Crippen molar-refractivity contribution in [1.29, 1.82) is 0 Å². The molecular weight excluding hydrogens is 865 g/mol. The van der Waals surface area contributed by atoms with Gasteiger partial charge in [-0.3, -0.25) is 14.4 Å². The summed E-state index contributed by atoms with van der Waals surface area (Å²) in [5.74, 6) is -0.918. The zero-order valence-corrected chi connectivity index (χ0v) is 45.8. The van der Waals surface area contributed by atoms with Gasteiger partial charge in [0.15, 0.2) is 6.10 Å². The van der Waals surface area contributed by atoms with Crippen LogP contribution >= 0.6 is 0 Å². The van der Waals surface area contributed by atoms with E-state index < -0.39 is 6.10 Å². The maximum absolute atomic E-state index is 12.9. The predicted octanol–water partition coefficient (Wildman–Crippen LogP) is 19.7. The number of ether oxygens (including phenoxy) is 3. The number of unbranched alkanes of at least 4 members (excludes halogenated alkanes) is 25. The van der Waals surface area contributed by atoms with Crippen molar-refractivity contribution in [3.8, 4) is 0 Å². The molecule has 70 heavy (non-hydrogen) atoms. The molecule has 0 aromatic rings. The van der Waals surface area contributed by atoms with Crippen molar-refractivity contribution < 1.29 is 28.6 Å². The van der Waals surface area contributed by atoms with E-state index in [1.807, 2.05) is 0 Å². The van der Waals surface area contributed by atoms with Crippen molar-refractivity contribution >= 4 is 17.9 Å². The number of hydrogen-bond acceptors (Lipinski definition) is 6. The van der Waals surface area contributed by atoms with Gasteiger partial charge in [0.1, 0.15) is 13.2 Å². The van der Waals surface area contributed by atoms with E-state index >= 15 is 0 Å². The fourth-order valence-electron chi connectivity index (χ4n) is 7.89. The fourth-order valence-corrected chi connectivity index (χ4v) is 7.89. The second-order valence-corrected chi connectivity index (χ2v) is 19.2. The van der Waals surface area contributed by atoms with Crippen LogP contribution < -0.4 is 0 Å². The number of hydrogen-bond donors (Lipinski definition) is 0. The molecule has 0 aromatic carbocycles. The van der Waals surface area contributed by atoms with Gasteiger partial charge in [0.25, 0.3) is 0 Å². The fraction of sp³-hybridized carbons (Fsp3) is 0.703. The van der Waals surface area contributed by atoms with Crippen molar-refractivity contribution in [2.24, 2.45) is 0 Å². The molecule has 6 nitrogen and oxygen atoms in total. The zero-order chi connectivity index (χ0) is 50.7. The van der Waals surface area contributed by atoms with Crippen LogP contribution in [0.2, 0.25) is 0 Å². The van der Waals surface area contributed by atoms with Crippen molar-refractivity contribution in [2.45, 2.75) is 277 Å². The molecule has 0 fully saturated rings. The highest BCUT2D eigenvalue weighted by molar-refractivity contribution is 5.71. The lowest BCUT2D eigenvalue weighted by molar-refractivity contribution is -0.167. The van der Waals surface area contributed by atoms with Crippen LogP contribution in [0.15, 0.2) is 97.2 Å². The third kappa shape index (κ3) is 55.3. The highest BCUT2D eigenvalue weighted by atomic mass is 16.6. The van der Waals surface area contributed by atoms with Gasteiger partial charge in [-0.1, -0.05) is 234 Å². The second kappa shape index (κ2) is 57.9. The highest BCUT2D eigenvalue weighted by Crippen LogP contribution is 2.15. The van der Waals surface area contributed by atoms with Crippen LogP contribution in [0.5, 0.6) is 0 Å². The Morgan fingerprint density at radius 1 is 0.300 bits per heavy atom. The minimum absolute atomic E-state index is 0.0915. The van der Waals surface area contributed by atoms with Crippen LogP contribution in [0, 0.1) is 0 Å². The molecule has 1 unspecified atom stereocenters. The molecule has 0 saturated carbocycles. The topological polar surface area (TPSA) is 78.9 Å². The van der Waals surface area contributed by atoms with E-state index in [1.54, 1.807) is 0 Å². The lowest BCUT2D eigenvalue weighted by atomic mass is 10.1. The molecule has 0 aliphatic heterocycles. The minimum atomic E-state index is -0.793. The Morgan fingerprint density at radius 3 is 0.914 bits per heavy atom. The smallest absolute Gasteiger partial charge is 0.306 e. The van der Waals surface area contributed by atoms with E-state index in [0.29, 0.717) is 19.3 Å². The third-order valence-corrected chi connectivity index (χ3v) is 12.3. The summed E-state index contributed by atoms with van der Waals surface area (Å²) < 4.78 is 16.9. The Bertz CT molecular complexity index is 1400. The lowest BCUT2D eigenvalue weighted by Crippen LogP contribution is -2.30. The maximum atomic E-state index is 12.9. The largest absolute Gasteiger partial charge is 0.462 e. The van der Waals surface area contributed by atoms with Gasteiger partial charge in [0, 0.05) is 19.3 Å². The molecule has 0 aliphatic carbocycles. The highest BCUT2D eigenvalue weighted by Gasteiger charge is 2.19. The first kappa shape index (κ1) is 66.3. The third-order valence-electron chi connectivity index (χ3n) is 12.3. The molecular formula is C64H108O6. The molecule has 0 rings (SSSR count). The van der Waals surface area contributed by atoms with E-state index in [2.05, 4.69) is 118 Å². The Hall–Kier alpha value is -3.67. The molecule has 0 N–H and O–H groups in total. The van der Waals surface area contributed by atoms with Crippen LogP contribution in [0.1, 0.15) is 271 Å². The number of allylic oxidation sites excluding steroid dienone is 16. The van der Waals surface area contributed by atoms with E-state index in [-0.39, 0.29) is 31.1 Å². The Labute approximate surface area is 432 Å². The molecule has 0 aliphatic rings. The van der Waals surface area contributed by atoms with Crippen LogP contribution in [0.3, 0.4) is 0 Å². The summed E-state index contributed by atoms with van der Waals surface area (Å²) >= 11 is 0. The van der Waals surface area contributed by atoms with Crippen molar-refractivity contribution in [3.05, 3.63) is 97.2 Å². The summed E-state index contributed by atoms with van der Waals surface area (Å²) in [6.07, 6.45) is 76.7. The van der Waals surface area contributed by atoms with Gasteiger partial charge in [0.2, 0.25) is 0 Å². The first-order valence-electron chi connectivity index (χ1n) is 29.2. The average molecular weight is 974 g/mol. The molecule has 0 radical (unpaired) electrons. The molecule has 0 bridgehead atoms. The van der Waals surface area contributed by atoms with Gasteiger partial charge in [-0.05, 0) is 116 Å². The number of carbonyl (C=O) groups is 3. The van der Waals surface area contributed by atoms with Crippen LogP contribution in [-0.2, 0) is 28.6 Å². The average Bonchev–Trinajstić information content (AvgIpc) is 3.36. The summed E-state index contributed by atoms with van der Waals surface area (Å²) in [5, 5.41) is 0. The molecule has 1 atom stereocenters. The molecule has 0 amide bonds.